The van der Waals surface area contributed by atoms with E-state index in [2.05, 4.69) is 22.6 Å². The van der Waals surface area contributed by atoms with Crippen molar-refractivity contribution in [3.63, 3.8) is 0 Å². The zero-order valence-electron chi connectivity index (χ0n) is 5.47. The first-order valence-corrected chi connectivity index (χ1v) is 4.32. The second-order valence-electron chi connectivity index (χ2n) is 1.99. The lowest BCUT2D eigenvalue weighted by atomic mass is 10.2. The summed E-state index contributed by atoms with van der Waals surface area (Å²) in [6.07, 6.45) is 0. The molecule has 0 spiro atoms. The number of carbonyl (C=O) groups excluding carboxylic acids is 1. The van der Waals surface area contributed by atoms with Gasteiger partial charge >= 0.3 is 0 Å². The fourth-order valence-electron chi connectivity index (χ4n) is 0.686. The first-order valence-electron chi connectivity index (χ1n) is 2.86. The van der Waals surface area contributed by atoms with Gasteiger partial charge < -0.3 is 5.73 Å². The highest BCUT2D eigenvalue weighted by atomic mass is 127. The zero-order valence-corrected chi connectivity index (χ0v) is 8.39. The number of amides is 1. The highest BCUT2D eigenvalue weighted by molar-refractivity contribution is 14.1. The average molecular weight is 281 g/mol. The summed E-state index contributed by atoms with van der Waals surface area (Å²) in [7, 11) is 0. The van der Waals surface area contributed by atoms with E-state index < -0.39 is 5.91 Å². The van der Waals surface area contributed by atoms with E-state index >= 15 is 0 Å². The van der Waals surface area contributed by atoms with Crippen LogP contribution < -0.4 is 5.73 Å². The van der Waals surface area contributed by atoms with Gasteiger partial charge in [0.1, 0.15) is 0 Å². The van der Waals surface area contributed by atoms with Crippen LogP contribution in [0.4, 0.5) is 0 Å². The number of nitrogens with two attached hydrogens (primary N) is 1. The Labute approximate surface area is 82.9 Å². The Hall–Kier alpha value is -0.290. The minimum absolute atomic E-state index is 0.374. The van der Waals surface area contributed by atoms with Crippen LogP contribution in [-0.4, -0.2) is 5.91 Å². The Balaban J connectivity index is 3.23. The van der Waals surface area contributed by atoms with Crippen LogP contribution >= 0.6 is 34.2 Å². The predicted octanol–water partition coefficient (Wildman–Crippen LogP) is 2.04. The number of carbonyl (C=O) groups is 1. The molecule has 0 aliphatic rings. The highest BCUT2D eigenvalue weighted by Crippen LogP contribution is 2.17. The molecule has 1 amide bonds. The van der Waals surface area contributed by atoms with Crippen LogP contribution in [0.25, 0.3) is 0 Å². The standard InChI is InChI=1S/C7H5ClINO/c8-6-2-1-4(9)3-5(6)7(10)11/h1-3H,(H2,10,11). The van der Waals surface area contributed by atoms with Crippen molar-refractivity contribution in [2.45, 2.75) is 0 Å². The zero-order chi connectivity index (χ0) is 8.43. The molecule has 0 saturated carbocycles. The average Bonchev–Trinajstić information content (AvgIpc) is 1.94. The molecule has 0 unspecified atom stereocenters. The molecule has 0 bridgehead atoms. The van der Waals surface area contributed by atoms with Gasteiger partial charge in [0, 0.05) is 3.57 Å². The molecular weight excluding hydrogens is 276 g/mol. The van der Waals surface area contributed by atoms with E-state index in [1.54, 1.807) is 12.1 Å². The van der Waals surface area contributed by atoms with Gasteiger partial charge in [0.05, 0.1) is 10.6 Å². The summed E-state index contributed by atoms with van der Waals surface area (Å²) in [5.41, 5.74) is 5.43. The summed E-state index contributed by atoms with van der Waals surface area (Å²) in [4.78, 5) is 10.7. The molecule has 11 heavy (non-hydrogen) atoms. The molecule has 0 atom stereocenters. The molecular formula is C7H5ClINO. The van der Waals surface area contributed by atoms with Gasteiger partial charge in [-0.05, 0) is 40.8 Å². The first kappa shape index (κ1) is 8.80. The van der Waals surface area contributed by atoms with Gasteiger partial charge in [-0.15, -0.1) is 0 Å². The molecule has 2 N–H and O–H groups in total. The monoisotopic (exact) mass is 281 g/mol. The molecule has 0 aliphatic heterocycles. The van der Waals surface area contributed by atoms with Crippen LogP contribution in [0, 0.1) is 3.57 Å². The third-order valence-corrected chi connectivity index (χ3v) is 2.19. The number of primary amides is 1. The topological polar surface area (TPSA) is 43.1 Å². The van der Waals surface area contributed by atoms with E-state index in [0.29, 0.717) is 10.6 Å². The lowest BCUT2D eigenvalue weighted by Gasteiger charge is -1.98. The molecule has 0 heterocycles. The fraction of sp³-hybridized carbons (Fsp3) is 0. The Kier molecular flexibility index (Phi) is 2.72. The Morgan fingerprint density at radius 1 is 1.55 bits per heavy atom. The van der Waals surface area contributed by atoms with Crippen molar-refractivity contribution in [2.24, 2.45) is 5.73 Å². The summed E-state index contributed by atoms with van der Waals surface area (Å²) in [5.74, 6) is -0.492. The van der Waals surface area contributed by atoms with Crippen molar-refractivity contribution in [3.8, 4) is 0 Å². The van der Waals surface area contributed by atoms with Crippen molar-refractivity contribution in [2.75, 3.05) is 0 Å². The minimum atomic E-state index is -0.492. The maximum absolute atomic E-state index is 10.7. The van der Waals surface area contributed by atoms with Gasteiger partial charge in [-0.25, -0.2) is 0 Å². The third kappa shape index (κ3) is 2.07. The number of hydrogen-bond acceptors (Lipinski definition) is 1. The molecule has 1 rings (SSSR count). The SMILES string of the molecule is NC(=O)c1cc(I)ccc1Cl. The van der Waals surface area contributed by atoms with Crippen LogP contribution in [0.1, 0.15) is 10.4 Å². The number of hydrogen-bond donors (Lipinski definition) is 1. The highest BCUT2D eigenvalue weighted by Gasteiger charge is 2.05. The molecule has 0 aromatic heterocycles. The first-order chi connectivity index (χ1) is 5.11. The van der Waals surface area contributed by atoms with Crippen LogP contribution in [0.5, 0.6) is 0 Å². The predicted molar refractivity (Wildman–Crippen MR) is 52.7 cm³/mol. The van der Waals surface area contributed by atoms with Gasteiger partial charge in [0.25, 0.3) is 0 Å². The fourth-order valence-corrected chi connectivity index (χ4v) is 1.39. The lowest BCUT2D eigenvalue weighted by Crippen LogP contribution is -2.11. The Morgan fingerprint density at radius 3 is 2.64 bits per heavy atom. The van der Waals surface area contributed by atoms with Crippen molar-refractivity contribution < 1.29 is 4.79 Å². The van der Waals surface area contributed by atoms with Gasteiger partial charge in [-0.1, -0.05) is 11.6 Å². The minimum Gasteiger partial charge on any atom is -0.366 e. The summed E-state index contributed by atoms with van der Waals surface area (Å²) >= 11 is 7.78. The summed E-state index contributed by atoms with van der Waals surface area (Å²) in [6, 6.07) is 5.13. The maximum Gasteiger partial charge on any atom is 0.250 e. The van der Waals surface area contributed by atoms with E-state index in [9.17, 15) is 4.79 Å². The van der Waals surface area contributed by atoms with Gasteiger partial charge in [-0.3, -0.25) is 4.79 Å². The second-order valence-corrected chi connectivity index (χ2v) is 3.64. The second kappa shape index (κ2) is 3.40. The van der Waals surface area contributed by atoms with E-state index in [1.807, 2.05) is 6.07 Å². The van der Waals surface area contributed by atoms with Crippen LogP contribution in [0.2, 0.25) is 5.02 Å². The molecule has 1 aromatic rings. The van der Waals surface area contributed by atoms with Crippen LogP contribution in [0.3, 0.4) is 0 Å². The molecule has 0 aliphatic carbocycles. The van der Waals surface area contributed by atoms with E-state index in [0.717, 1.165) is 3.57 Å². The molecule has 2 nitrogen and oxygen atoms in total. The Morgan fingerprint density at radius 2 is 2.18 bits per heavy atom. The molecule has 58 valence electrons. The summed E-state index contributed by atoms with van der Waals surface area (Å²) in [6.45, 7) is 0. The van der Waals surface area contributed by atoms with Crippen molar-refractivity contribution in [1.29, 1.82) is 0 Å². The third-order valence-electron chi connectivity index (χ3n) is 1.19. The smallest absolute Gasteiger partial charge is 0.250 e. The maximum atomic E-state index is 10.7. The normalized spacial score (nSPS) is 9.64. The summed E-state index contributed by atoms with van der Waals surface area (Å²) in [5, 5.41) is 0.401. The van der Waals surface area contributed by atoms with Crippen LogP contribution in [0.15, 0.2) is 18.2 Å². The van der Waals surface area contributed by atoms with E-state index in [1.165, 1.54) is 0 Å². The number of rotatable bonds is 1. The van der Waals surface area contributed by atoms with Crippen molar-refractivity contribution >= 4 is 40.1 Å². The van der Waals surface area contributed by atoms with E-state index in [4.69, 9.17) is 17.3 Å². The van der Waals surface area contributed by atoms with Crippen molar-refractivity contribution in [1.82, 2.24) is 0 Å². The van der Waals surface area contributed by atoms with Gasteiger partial charge in [0.15, 0.2) is 0 Å². The molecule has 0 saturated heterocycles. The number of benzene rings is 1. The number of halogens is 2. The molecule has 0 radical (unpaired) electrons. The summed E-state index contributed by atoms with van der Waals surface area (Å²) < 4.78 is 0.945. The largest absolute Gasteiger partial charge is 0.366 e. The van der Waals surface area contributed by atoms with Crippen molar-refractivity contribution in [3.05, 3.63) is 32.4 Å². The van der Waals surface area contributed by atoms with Crippen LogP contribution in [-0.2, 0) is 0 Å². The molecule has 0 fully saturated rings. The lowest BCUT2D eigenvalue weighted by molar-refractivity contribution is 0.100. The molecule has 4 heteroatoms. The van der Waals surface area contributed by atoms with E-state index in [-0.39, 0.29) is 0 Å². The quantitative estimate of drug-likeness (QED) is 0.787. The van der Waals surface area contributed by atoms with Gasteiger partial charge in [-0.2, -0.15) is 0 Å². The Bertz CT molecular complexity index is 300. The van der Waals surface area contributed by atoms with Gasteiger partial charge in [0.2, 0.25) is 5.91 Å². The molecule has 1 aromatic carbocycles.